The third-order valence-corrected chi connectivity index (χ3v) is 17.6. The summed E-state index contributed by atoms with van der Waals surface area (Å²) in [6, 6.07) is 3.27. The minimum Gasteiger partial charge on any atom is -0.447 e. The van der Waals surface area contributed by atoms with Gasteiger partial charge in [-0.1, -0.05) is 45.2 Å². The van der Waals surface area contributed by atoms with E-state index in [1.54, 1.807) is 37.5 Å². The first-order valence-corrected chi connectivity index (χ1v) is 33.7. The van der Waals surface area contributed by atoms with Crippen LogP contribution in [0.2, 0.25) is 0 Å². The Morgan fingerprint density at radius 3 is 2.21 bits per heavy atom. The van der Waals surface area contributed by atoms with Gasteiger partial charge in [-0.05, 0) is 62.1 Å². The first-order valence-electron chi connectivity index (χ1n) is 29.5. The van der Waals surface area contributed by atoms with Gasteiger partial charge in [0.15, 0.2) is 40.8 Å². The van der Waals surface area contributed by atoms with Crippen molar-refractivity contribution in [2.24, 2.45) is 17.6 Å². The van der Waals surface area contributed by atoms with Gasteiger partial charge in [0, 0.05) is 50.3 Å². The second-order valence-electron chi connectivity index (χ2n) is 22.7. The van der Waals surface area contributed by atoms with Crippen molar-refractivity contribution < 1.29 is 94.2 Å². The summed E-state index contributed by atoms with van der Waals surface area (Å²) >= 11 is 3.56. The lowest BCUT2D eigenvalue weighted by Crippen LogP contribution is -2.54. The van der Waals surface area contributed by atoms with Crippen LogP contribution in [-0.4, -0.2) is 188 Å². The van der Waals surface area contributed by atoms with Crippen LogP contribution in [0.4, 0.5) is 36.1 Å². The Bertz CT molecular complexity index is 3770. The first-order chi connectivity index (χ1) is 44.6. The molecule has 36 nitrogen and oxygen atoms in total. The van der Waals surface area contributed by atoms with Crippen molar-refractivity contribution in [3.05, 3.63) is 67.3 Å². The standard InChI is InChI=1S/C54H70FN17O19P2S/c1-28(2)38(67-34(73)15-19-70-35(74)13-14-36(70)75)48(77)66-32(8-5-6-18-58-51(57)78)47(76)65-31-11-9-30(10-12-31)22-86-53(80)69(4)20-21-85-52(79)68-44-40-46(62-25-60-44)72(27-64-40)50-37(55)41(90-93(83,84)94)33(88-50)23-87-92(81,82)91-42-29(3)49(89-54(42)16-7-17-54)71-26-63-39-43(56)59-24-61-45(39)71/h9-14,24-29,32-33,37-38,41-42,49-50H,5-8,15-23H2,1-4H3,(H,65,76)(H,66,77)(H,67,73)(H,81,82)(H2,56,59,61)(H3,57,58,78)(H2,83,84,94)(H,60,62,68,79)/t29-,32+,33-,37-,38+,41-,42+,49-,50-/m1/s1. The summed E-state index contributed by atoms with van der Waals surface area (Å²) in [5, 5.41) is 12.9. The van der Waals surface area contributed by atoms with Gasteiger partial charge in [0.1, 0.15) is 68.0 Å². The van der Waals surface area contributed by atoms with Crippen LogP contribution < -0.4 is 38.1 Å². The van der Waals surface area contributed by atoms with Crippen LogP contribution in [0.1, 0.15) is 83.7 Å². The number of phosphoric acid groups is 1. The summed E-state index contributed by atoms with van der Waals surface area (Å²) in [5.74, 6) is -4.10. The number of rotatable bonds is 29. The second-order valence-corrected chi connectivity index (χ2v) is 26.9. The molecule has 508 valence electrons. The molecule has 9 rings (SSSR count). The first kappa shape index (κ1) is 70.0. The third kappa shape index (κ3) is 17.0. The number of primary amides is 1. The number of nitrogens with two attached hydrogens (primary N) is 2. The Morgan fingerprint density at radius 1 is 0.883 bits per heavy atom. The zero-order chi connectivity index (χ0) is 67.8. The summed E-state index contributed by atoms with van der Waals surface area (Å²) in [4.78, 5) is 149. The molecule has 4 aromatic heterocycles. The maximum Gasteiger partial charge on any atom is 0.472 e. The SMILES string of the molecule is CC(C)[C@H](NC(=O)CCN1C(=O)C=CC1=O)C(=O)N[C@@H](CCCCNC(N)=O)C(=O)Nc1ccc(COC(=O)N(C)CCOC(=O)Nc2ncnc3c2ncn3[C@@H]2O[C@H](COP(=O)(O)O[C@H]3[C@@H](C)[C@H](n4cnc5c(N)ncnc54)OC34CCC4)[C@@H](O[P@@](=O)(O)S)[C@H]2F)cc1. The molecule has 40 heteroatoms. The lowest BCUT2D eigenvalue weighted by Gasteiger charge is -2.42. The molecule has 7 heterocycles. The number of unbranched alkanes of at least 4 members (excludes halogenated alkanes) is 1. The van der Waals surface area contributed by atoms with Gasteiger partial charge >= 0.3 is 32.8 Å². The van der Waals surface area contributed by atoms with Gasteiger partial charge in [-0.2, -0.15) is 0 Å². The molecule has 0 bridgehead atoms. The monoisotopic (exact) mass is 1370 g/mol. The highest BCUT2D eigenvalue weighted by molar-refractivity contribution is 8.44. The van der Waals surface area contributed by atoms with E-state index in [1.807, 2.05) is 0 Å². The predicted octanol–water partition coefficient (Wildman–Crippen LogP) is 3.02. The van der Waals surface area contributed by atoms with Crippen LogP contribution in [0.3, 0.4) is 0 Å². The number of urea groups is 1. The zero-order valence-electron chi connectivity index (χ0n) is 50.9. The van der Waals surface area contributed by atoms with Crippen LogP contribution in [0.25, 0.3) is 22.3 Å². The molecule has 1 aliphatic carbocycles. The van der Waals surface area contributed by atoms with E-state index in [0.29, 0.717) is 48.1 Å². The van der Waals surface area contributed by atoms with Gasteiger partial charge in [0.2, 0.25) is 17.7 Å². The van der Waals surface area contributed by atoms with Crippen molar-refractivity contribution in [3.63, 3.8) is 0 Å². The number of halogens is 1. The Balaban J connectivity index is 0.738. The molecule has 4 aliphatic rings. The summed E-state index contributed by atoms with van der Waals surface area (Å²) in [6.45, 7) is -1.27. The van der Waals surface area contributed by atoms with E-state index < -0.39 is 135 Å². The number of ether oxygens (including phenoxy) is 4. The number of likely N-dealkylation sites (N-methyl/N-ethyl adjacent to an activating group) is 1. The van der Waals surface area contributed by atoms with Gasteiger partial charge in [0.05, 0.1) is 31.4 Å². The molecule has 11 atom stereocenters. The van der Waals surface area contributed by atoms with Crippen LogP contribution in [0, 0.1) is 11.8 Å². The minimum atomic E-state index is -5.06. The lowest BCUT2D eigenvalue weighted by atomic mass is 9.74. The summed E-state index contributed by atoms with van der Waals surface area (Å²) < 4.78 is 84.9. The normalized spacial score (nSPS) is 22.5. The highest BCUT2D eigenvalue weighted by Crippen LogP contribution is 2.59. The van der Waals surface area contributed by atoms with E-state index in [9.17, 15) is 57.3 Å². The molecule has 3 fully saturated rings. The Hall–Kier alpha value is -8.32. The Kier molecular flexibility index (Phi) is 22.3. The quantitative estimate of drug-likeness (QED) is 0.0142. The number of nitrogens with one attached hydrogen (secondary N) is 5. The van der Waals surface area contributed by atoms with Crippen LogP contribution in [0.5, 0.6) is 0 Å². The fourth-order valence-electron chi connectivity index (χ4n) is 10.9. The number of nitrogens with zero attached hydrogens (tertiary/aromatic N) is 10. The highest BCUT2D eigenvalue weighted by Gasteiger charge is 2.60. The van der Waals surface area contributed by atoms with Crippen LogP contribution in [-0.2, 0) is 72.2 Å². The summed E-state index contributed by atoms with van der Waals surface area (Å²) in [7, 11) is -3.68. The molecule has 11 N–H and O–H groups in total. The Morgan fingerprint density at radius 2 is 1.55 bits per heavy atom. The average molecular weight is 1370 g/mol. The fourth-order valence-corrected chi connectivity index (χ4v) is 12.8. The molecule has 1 spiro atoms. The number of nitrogen functional groups attached to an aromatic ring is 1. The van der Waals surface area contributed by atoms with Gasteiger partial charge in [-0.3, -0.25) is 56.9 Å². The molecule has 9 amide bonds. The number of imide groups is 1. The highest BCUT2D eigenvalue weighted by atomic mass is 32.7. The molecular weight excluding hydrogens is 1300 g/mol. The number of aromatic nitrogens is 8. The predicted molar refractivity (Wildman–Crippen MR) is 328 cm³/mol. The van der Waals surface area contributed by atoms with Gasteiger partial charge < -0.3 is 66.4 Å². The van der Waals surface area contributed by atoms with E-state index in [0.717, 1.165) is 45.6 Å². The zero-order valence-corrected chi connectivity index (χ0v) is 53.6. The molecule has 94 heavy (non-hydrogen) atoms. The summed E-state index contributed by atoms with van der Waals surface area (Å²) in [5.41, 5.74) is 11.5. The van der Waals surface area contributed by atoms with E-state index in [4.69, 9.17) is 44.0 Å². The number of carbonyl (C=O) groups is 8. The number of anilines is 3. The minimum absolute atomic E-state index is 0.101. The van der Waals surface area contributed by atoms with E-state index in [1.165, 1.54) is 31.8 Å². The second kappa shape index (κ2) is 30.0. The third-order valence-electron chi connectivity index (χ3n) is 15.8. The van der Waals surface area contributed by atoms with Crippen molar-refractivity contribution in [2.75, 3.05) is 56.3 Å². The number of hydrogen-bond acceptors (Lipinski definition) is 24. The van der Waals surface area contributed by atoms with E-state index in [2.05, 4.69) is 68.7 Å². The van der Waals surface area contributed by atoms with Gasteiger partial charge in [0.25, 0.3) is 11.8 Å². The van der Waals surface area contributed by atoms with Crippen molar-refractivity contribution in [2.45, 2.75) is 127 Å². The van der Waals surface area contributed by atoms with Crippen LogP contribution in [0.15, 0.2) is 61.7 Å². The average Bonchev–Trinajstić information content (AvgIpc) is 1.58. The molecule has 3 aliphatic heterocycles. The fraction of sp³-hybridized carbons (Fsp3) is 0.519. The van der Waals surface area contributed by atoms with Crippen molar-refractivity contribution in [3.8, 4) is 0 Å². The number of carbonyl (C=O) groups excluding carboxylic acids is 8. The molecule has 0 radical (unpaired) electrons. The number of phosphoric ester groups is 1. The van der Waals surface area contributed by atoms with Crippen molar-refractivity contribution in [1.29, 1.82) is 0 Å². The van der Waals surface area contributed by atoms with E-state index >= 15 is 4.39 Å². The van der Waals surface area contributed by atoms with Crippen molar-refractivity contribution >= 4 is 114 Å². The van der Waals surface area contributed by atoms with Gasteiger partial charge in [-0.15, -0.1) is 0 Å². The number of amides is 9. The maximum atomic E-state index is 16.5. The lowest BCUT2D eigenvalue weighted by molar-refractivity contribution is -0.144. The van der Waals surface area contributed by atoms with E-state index in [-0.39, 0.29) is 68.5 Å². The molecule has 1 saturated carbocycles. The molecular formula is C54H70FN17O19P2S. The van der Waals surface area contributed by atoms with Gasteiger partial charge in [-0.25, -0.2) is 57.8 Å². The molecule has 5 aromatic rings. The topological polar surface area (TPSA) is 482 Å². The molecule has 2 saturated heterocycles. The smallest absolute Gasteiger partial charge is 0.447 e. The summed E-state index contributed by atoms with van der Waals surface area (Å²) in [6.07, 6.45) is -1.94. The number of alkyl halides is 1. The molecule has 1 aromatic carbocycles. The number of imidazole rings is 2. The number of fused-ring (bicyclic) bond motifs is 2. The largest absolute Gasteiger partial charge is 0.472 e. The number of hydrogen-bond donors (Lipinski definition) is 10. The number of benzene rings is 1. The van der Waals surface area contributed by atoms with Crippen LogP contribution >= 0.6 is 26.9 Å². The Labute approximate surface area is 539 Å². The maximum absolute atomic E-state index is 16.5. The van der Waals surface area contributed by atoms with Crippen molar-refractivity contribution in [1.82, 2.24) is 64.8 Å². The number of thiol groups is 1. The molecule has 1 unspecified atom stereocenters.